The predicted molar refractivity (Wildman–Crippen MR) is 64.9 cm³/mol. The van der Waals surface area contributed by atoms with Crippen LogP contribution in [0.3, 0.4) is 0 Å². The van der Waals surface area contributed by atoms with Crippen LogP contribution >= 0.6 is 11.8 Å². The van der Waals surface area contributed by atoms with Gasteiger partial charge in [0.25, 0.3) is 0 Å². The van der Waals surface area contributed by atoms with E-state index >= 15 is 0 Å². The van der Waals surface area contributed by atoms with E-state index in [0.29, 0.717) is 18.9 Å². The molecule has 92 valence electrons. The number of aliphatic carboxylic acids is 1. The van der Waals surface area contributed by atoms with E-state index in [0.717, 1.165) is 10.7 Å². The molecule has 0 radical (unpaired) electrons. The first-order valence-electron chi connectivity index (χ1n) is 5.34. The molecule has 1 N–H and O–H groups in total. The lowest BCUT2D eigenvalue weighted by atomic mass is 10.1. The van der Waals surface area contributed by atoms with Gasteiger partial charge in [-0.1, -0.05) is 25.6 Å². The molecule has 1 heterocycles. The molecule has 0 aliphatic heterocycles. The van der Waals surface area contributed by atoms with Gasteiger partial charge in [0.2, 0.25) is 0 Å². The Kier molecular flexibility index (Phi) is 5.04. The van der Waals surface area contributed by atoms with Crippen LogP contribution in [0.4, 0.5) is 0 Å². The second-order valence-corrected chi connectivity index (χ2v) is 4.87. The van der Waals surface area contributed by atoms with Crippen molar-refractivity contribution in [1.82, 2.24) is 9.78 Å². The van der Waals surface area contributed by atoms with Crippen molar-refractivity contribution < 1.29 is 9.90 Å². The fourth-order valence-electron chi connectivity index (χ4n) is 1.27. The van der Waals surface area contributed by atoms with Crippen LogP contribution in [0, 0.1) is 11.3 Å². The summed E-state index contributed by atoms with van der Waals surface area (Å²) in [5, 5.41) is 22.4. The first kappa shape index (κ1) is 13.6. The molecule has 5 nitrogen and oxygen atoms in total. The van der Waals surface area contributed by atoms with Gasteiger partial charge < -0.3 is 5.11 Å². The van der Waals surface area contributed by atoms with Crippen molar-refractivity contribution in [2.75, 3.05) is 5.75 Å². The highest BCUT2D eigenvalue weighted by Crippen LogP contribution is 2.23. The van der Waals surface area contributed by atoms with E-state index in [1.54, 1.807) is 4.68 Å². The summed E-state index contributed by atoms with van der Waals surface area (Å²) in [6.45, 7) is 4.57. The second-order valence-electron chi connectivity index (χ2n) is 3.88. The van der Waals surface area contributed by atoms with Gasteiger partial charge in [-0.25, -0.2) is 0 Å². The fourth-order valence-corrected chi connectivity index (χ4v) is 2.03. The van der Waals surface area contributed by atoms with Gasteiger partial charge in [-0.3, -0.25) is 9.48 Å². The number of nitrogens with zero attached hydrogens (tertiary/aromatic N) is 3. The van der Waals surface area contributed by atoms with E-state index in [2.05, 4.69) is 11.2 Å². The van der Waals surface area contributed by atoms with Crippen molar-refractivity contribution in [3.63, 3.8) is 0 Å². The van der Waals surface area contributed by atoms with Crippen LogP contribution in [0.5, 0.6) is 0 Å². The molecular formula is C11H15N3O2S. The number of thioether (sulfide) groups is 1. The zero-order valence-electron chi connectivity index (χ0n) is 9.88. The van der Waals surface area contributed by atoms with E-state index in [9.17, 15) is 4.79 Å². The molecule has 0 aliphatic carbocycles. The highest BCUT2D eigenvalue weighted by Gasteiger charge is 2.12. The molecule has 0 saturated carbocycles. The summed E-state index contributed by atoms with van der Waals surface area (Å²) >= 11 is 1.24. The van der Waals surface area contributed by atoms with Gasteiger partial charge in [-0.15, -0.1) is 0 Å². The number of carbonyl (C=O) groups is 1. The third kappa shape index (κ3) is 4.11. The third-order valence-corrected chi connectivity index (χ3v) is 3.15. The molecule has 0 bridgehead atoms. The summed E-state index contributed by atoms with van der Waals surface area (Å²) in [6.07, 6.45) is 0.375. The molecule has 0 spiro atoms. The first-order chi connectivity index (χ1) is 8.04. The lowest BCUT2D eigenvalue weighted by molar-refractivity contribution is -0.133. The molecule has 0 fully saturated rings. The van der Waals surface area contributed by atoms with Crippen LogP contribution < -0.4 is 0 Å². The maximum absolute atomic E-state index is 10.5. The van der Waals surface area contributed by atoms with Crippen molar-refractivity contribution in [2.45, 2.75) is 37.8 Å². The maximum atomic E-state index is 10.5. The van der Waals surface area contributed by atoms with Crippen LogP contribution in [-0.4, -0.2) is 26.6 Å². The normalized spacial score (nSPS) is 10.5. The summed E-state index contributed by atoms with van der Waals surface area (Å²) < 4.78 is 1.71. The molecule has 0 saturated heterocycles. The monoisotopic (exact) mass is 253 g/mol. The lowest BCUT2D eigenvalue weighted by Crippen LogP contribution is -2.04. The van der Waals surface area contributed by atoms with E-state index in [-0.39, 0.29) is 5.75 Å². The lowest BCUT2D eigenvalue weighted by Gasteiger charge is -2.02. The van der Waals surface area contributed by atoms with Crippen molar-refractivity contribution in [3.05, 3.63) is 11.8 Å². The topological polar surface area (TPSA) is 78.9 Å². The molecule has 17 heavy (non-hydrogen) atoms. The van der Waals surface area contributed by atoms with Crippen LogP contribution in [0.25, 0.3) is 0 Å². The second kappa shape index (κ2) is 6.30. The van der Waals surface area contributed by atoms with Crippen molar-refractivity contribution in [3.8, 4) is 6.07 Å². The van der Waals surface area contributed by atoms with Gasteiger partial charge in [-0.2, -0.15) is 10.4 Å². The number of carboxylic acid groups (broad SMARTS) is 1. The number of rotatable bonds is 6. The number of carboxylic acids is 1. The number of hydrogen-bond donors (Lipinski definition) is 1. The summed E-state index contributed by atoms with van der Waals surface area (Å²) in [7, 11) is 0. The zero-order chi connectivity index (χ0) is 12.8. The quantitative estimate of drug-likeness (QED) is 0.785. The van der Waals surface area contributed by atoms with Crippen molar-refractivity contribution >= 4 is 17.7 Å². The highest BCUT2D eigenvalue weighted by atomic mass is 32.2. The largest absolute Gasteiger partial charge is 0.481 e. The van der Waals surface area contributed by atoms with Gasteiger partial charge in [0.1, 0.15) is 0 Å². The maximum Gasteiger partial charge on any atom is 0.313 e. The molecule has 1 aromatic rings. The van der Waals surface area contributed by atoms with E-state index in [4.69, 9.17) is 10.4 Å². The van der Waals surface area contributed by atoms with Gasteiger partial charge in [0, 0.05) is 0 Å². The van der Waals surface area contributed by atoms with Crippen molar-refractivity contribution in [1.29, 1.82) is 5.26 Å². The number of aryl methyl sites for hydroxylation is 1. The Bertz CT molecular complexity index is 434. The minimum atomic E-state index is -0.853. The van der Waals surface area contributed by atoms with Crippen LogP contribution in [0.15, 0.2) is 11.1 Å². The van der Waals surface area contributed by atoms with Gasteiger partial charge in [0.05, 0.1) is 35.5 Å². The summed E-state index contributed by atoms with van der Waals surface area (Å²) in [5.41, 5.74) is 0.927. The molecule has 0 aliphatic rings. The van der Waals surface area contributed by atoms with Crippen LogP contribution in [-0.2, 0) is 11.3 Å². The first-order valence-corrected chi connectivity index (χ1v) is 6.32. The fraction of sp³-hybridized carbons (Fsp3) is 0.545. The van der Waals surface area contributed by atoms with E-state index in [1.165, 1.54) is 11.8 Å². The Labute approximate surface area is 104 Å². The van der Waals surface area contributed by atoms with Gasteiger partial charge >= 0.3 is 5.97 Å². The van der Waals surface area contributed by atoms with Crippen molar-refractivity contribution in [2.24, 2.45) is 0 Å². The van der Waals surface area contributed by atoms with E-state index in [1.807, 2.05) is 19.9 Å². The Balaban J connectivity index is 2.83. The van der Waals surface area contributed by atoms with Crippen LogP contribution in [0.1, 0.15) is 31.9 Å². The molecular weight excluding hydrogens is 238 g/mol. The van der Waals surface area contributed by atoms with Crippen LogP contribution in [0.2, 0.25) is 0 Å². The summed E-state index contributed by atoms with van der Waals surface area (Å²) in [4.78, 5) is 10.5. The molecule has 0 amide bonds. The van der Waals surface area contributed by atoms with Gasteiger partial charge in [0.15, 0.2) is 0 Å². The Morgan fingerprint density at radius 1 is 1.71 bits per heavy atom. The smallest absolute Gasteiger partial charge is 0.313 e. The molecule has 0 unspecified atom stereocenters. The number of aromatic nitrogens is 2. The number of nitriles is 1. The third-order valence-electron chi connectivity index (χ3n) is 2.13. The predicted octanol–water partition coefficient (Wildman–Crippen LogP) is 2.10. The molecule has 0 aromatic carbocycles. The Hall–Kier alpha value is -1.48. The molecule has 1 aromatic heterocycles. The minimum absolute atomic E-state index is 0.00970. The van der Waals surface area contributed by atoms with E-state index < -0.39 is 5.97 Å². The highest BCUT2D eigenvalue weighted by molar-refractivity contribution is 7.99. The Morgan fingerprint density at radius 2 is 2.41 bits per heavy atom. The van der Waals surface area contributed by atoms with Gasteiger partial charge in [-0.05, 0) is 12.0 Å². The summed E-state index contributed by atoms with van der Waals surface area (Å²) in [5.74, 6) is -0.549. The molecule has 1 rings (SSSR count). The minimum Gasteiger partial charge on any atom is -0.481 e. The standard InChI is InChI=1S/C11H15N3O2S/c1-8(2)9-6-10(17-7-11(15)16)14(13-9)5-3-4-12/h6,8H,3,5,7H2,1-2H3,(H,15,16). The SMILES string of the molecule is CC(C)c1cc(SCC(=O)O)n(CCC#N)n1. The summed E-state index contributed by atoms with van der Waals surface area (Å²) in [6, 6.07) is 3.96. The number of hydrogen-bond acceptors (Lipinski definition) is 4. The average molecular weight is 253 g/mol. The molecule has 0 atom stereocenters. The Morgan fingerprint density at radius 3 is 2.94 bits per heavy atom. The zero-order valence-corrected chi connectivity index (χ0v) is 10.7. The average Bonchev–Trinajstić information content (AvgIpc) is 2.67. The molecule has 6 heteroatoms.